The average molecular weight is 186 g/mol. The lowest BCUT2D eigenvalue weighted by atomic mass is 10.3. The highest BCUT2D eigenvalue weighted by atomic mass is 79.9. The molecule has 0 unspecified atom stereocenters. The fraction of sp³-hybridized carbons (Fsp3) is 0.143. The third kappa shape index (κ3) is 1.72. The van der Waals surface area contributed by atoms with Gasteiger partial charge in [0.2, 0.25) is 0 Å². The molecule has 0 heterocycles. The maximum absolute atomic E-state index is 4.91. The Morgan fingerprint density at radius 3 is 2.78 bits per heavy atom. The van der Waals surface area contributed by atoms with Crippen molar-refractivity contribution in [3.05, 3.63) is 28.7 Å². The second kappa shape index (κ2) is 2.87. The van der Waals surface area contributed by atoms with Crippen molar-refractivity contribution in [3.8, 4) is 5.75 Å². The first-order valence-electron chi connectivity index (χ1n) is 2.55. The first-order chi connectivity index (χ1) is 4.33. The molecular formula is C7H6BrO. The van der Waals surface area contributed by atoms with E-state index in [9.17, 15) is 0 Å². The summed E-state index contributed by atoms with van der Waals surface area (Å²) in [5.41, 5.74) is 0. The van der Waals surface area contributed by atoms with E-state index in [0.717, 1.165) is 10.2 Å². The summed E-state index contributed by atoms with van der Waals surface area (Å²) >= 11 is 3.27. The number of hydrogen-bond donors (Lipinski definition) is 0. The summed E-state index contributed by atoms with van der Waals surface area (Å²) in [5, 5.41) is 0. The van der Waals surface area contributed by atoms with Crippen LogP contribution in [0.1, 0.15) is 0 Å². The van der Waals surface area contributed by atoms with Crippen molar-refractivity contribution < 1.29 is 4.74 Å². The van der Waals surface area contributed by atoms with Crippen molar-refractivity contribution >= 4 is 15.9 Å². The first kappa shape index (κ1) is 6.62. The standard InChI is InChI=1S/C7H6BrO/c1-9-7-4-2-3-6(8)5-7/h2-4H,1H3. The van der Waals surface area contributed by atoms with Crippen molar-refractivity contribution in [1.82, 2.24) is 0 Å². The number of halogens is 1. The molecule has 0 N–H and O–H groups in total. The molecule has 0 aliphatic rings. The van der Waals surface area contributed by atoms with Gasteiger partial charge in [-0.05, 0) is 12.1 Å². The number of methoxy groups -OCH3 is 1. The van der Waals surface area contributed by atoms with Crippen molar-refractivity contribution in [3.63, 3.8) is 0 Å². The summed E-state index contributed by atoms with van der Waals surface area (Å²) in [6, 6.07) is 8.61. The van der Waals surface area contributed by atoms with Crippen LogP contribution < -0.4 is 4.74 Å². The first-order valence-corrected chi connectivity index (χ1v) is 3.34. The highest BCUT2D eigenvalue weighted by Gasteiger charge is 1.89. The molecule has 47 valence electrons. The second-order valence-electron chi connectivity index (χ2n) is 1.57. The predicted molar refractivity (Wildman–Crippen MR) is 39.5 cm³/mol. The summed E-state index contributed by atoms with van der Waals surface area (Å²) in [5.74, 6) is 0.754. The van der Waals surface area contributed by atoms with E-state index in [1.54, 1.807) is 7.11 Å². The Kier molecular flexibility index (Phi) is 2.11. The Hall–Kier alpha value is -0.500. The molecule has 0 aromatic heterocycles. The van der Waals surface area contributed by atoms with Gasteiger partial charge in [0.1, 0.15) is 5.75 Å². The Morgan fingerprint density at radius 2 is 2.33 bits per heavy atom. The van der Waals surface area contributed by atoms with E-state index in [2.05, 4.69) is 22.0 Å². The Morgan fingerprint density at radius 1 is 1.56 bits per heavy atom. The van der Waals surface area contributed by atoms with Gasteiger partial charge < -0.3 is 4.74 Å². The minimum atomic E-state index is 0.754. The summed E-state index contributed by atoms with van der Waals surface area (Å²) in [7, 11) is 1.62. The molecule has 1 radical (unpaired) electrons. The fourth-order valence-corrected chi connectivity index (χ4v) is 0.888. The average Bonchev–Trinajstić information content (AvgIpc) is 1.88. The largest absolute Gasteiger partial charge is 0.496 e. The number of ether oxygens (including phenoxy) is 1. The molecule has 0 bridgehead atoms. The number of rotatable bonds is 1. The molecule has 9 heavy (non-hydrogen) atoms. The van der Waals surface area contributed by atoms with E-state index >= 15 is 0 Å². The van der Waals surface area contributed by atoms with Crippen molar-refractivity contribution in [1.29, 1.82) is 0 Å². The number of hydrogen-bond acceptors (Lipinski definition) is 1. The molecule has 0 fully saturated rings. The van der Waals surface area contributed by atoms with Crippen molar-refractivity contribution in [2.45, 2.75) is 0 Å². The van der Waals surface area contributed by atoms with E-state index in [4.69, 9.17) is 4.74 Å². The van der Waals surface area contributed by atoms with Gasteiger partial charge in [-0.25, -0.2) is 0 Å². The zero-order chi connectivity index (χ0) is 6.69. The van der Waals surface area contributed by atoms with Crippen LogP contribution in [0, 0.1) is 6.07 Å². The molecule has 1 nitrogen and oxygen atoms in total. The Labute approximate surface area is 62.8 Å². The van der Waals surface area contributed by atoms with Crippen LogP contribution >= 0.6 is 15.9 Å². The van der Waals surface area contributed by atoms with Crippen LogP contribution in [-0.4, -0.2) is 7.11 Å². The molecule has 1 rings (SSSR count). The monoisotopic (exact) mass is 185 g/mol. The van der Waals surface area contributed by atoms with Gasteiger partial charge in [0.25, 0.3) is 0 Å². The van der Waals surface area contributed by atoms with Gasteiger partial charge in [-0.15, -0.1) is 0 Å². The van der Waals surface area contributed by atoms with Crippen molar-refractivity contribution in [2.75, 3.05) is 7.11 Å². The SMILES string of the molecule is COc1[c]c(Br)ccc1. The van der Waals surface area contributed by atoms with E-state index in [-0.39, 0.29) is 0 Å². The van der Waals surface area contributed by atoms with E-state index in [1.807, 2.05) is 18.2 Å². The van der Waals surface area contributed by atoms with Gasteiger partial charge in [-0.3, -0.25) is 0 Å². The maximum Gasteiger partial charge on any atom is 0.128 e. The van der Waals surface area contributed by atoms with Gasteiger partial charge in [-0.2, -0.15) is 0 Å². The summed E-state index contributed by atoms with van der Waals surface area (Å²) < 4.78 is 5.83. The summed E-state index contributed by atoms with van der Waals surface area (Å²) in [4.78, 5) is 0. The van der Waals surface area contributed by atoms with Gasteiger partial charge >= 0.3 is 0 Å². The molecule has 1 aromatic rings. The third-order valence-corrected chi connectivity index (χ3v) is 1.42. The lowest BCUT2D eigenvalue weighted by Gasteiger charge is -1.96. The molecule has 0 amide bonds. The van der Waals surface area contributed by atoms with Crippen LogP contribution in [0.15, 0.2) is 22.7 Å². The minimum absolute atomic E-state index is 0.754. The lowest BCUT2D eigenvalue weighted by Crippen LogP contribution is -1.80. The Bertz CT molecular complexity index is 198. The highest BCUT2D eigenvalue weighted by molar-refractivity contribution is 9.10. The predicted octanol–water partition coefficient (Wildman–Crippen LogP) is 2.26. The molecule has 0 aliphatic heterocycles. The quantitative estimate of drug-likeness (QED) is 0.653. The maximum atomic E-state index is 4.91. The van der Waals surface area contributed by atoms with Gasteiger partial charge in [0, 0.05) is 10.5 Å². The van der Waals surface area contributed by atoms with Crippen LogP contribution in [-0.2, 0) is 0 Å². The van der Waals surface area contributed by atoms with E-state index in [1.165, 1.54) is 0 Å². The summed E-state index contributed by atoms with van der Waals surface area (Å²) in [6.45, 7) is 0. The fourth-order valence-electron chi connectivity index (χ4n) is 0.540. The smallest absolute Gasteiger partial charge is 0.128 e. The molecule has 0 atom stereocenters. The minimum Gasteiger partial charge on any atom is -0.496 e. The third-order valence-electron chi connectivity index (χ3n) is 0.953. The number of benzene rings is 1. The molecule has 0 saturated heterocycles. The van der Waals surface area contributed by atoms with Crippen LogP contribution in [0.2, 0.25) is 0 Å². The van der Waals surface area contributed by atoms with Crippen LogP contribution in [0.5, 0.6) is 5.75 Å². The normalized spacial score (nSPS) is 9.11. The molecule has 2 heteroatoms. The van der Waals surface area contributed by atoms with Crippen molar-refractivity contribution in [2.24, 2.45) is 0 Å². The zero-order valence-corrected chi connectivity index (χ0v) is 6.60. The summed E-state index contributed by atoms with van der Waals surface area (Å²) in [6.07, 6.45) is 0. The van der Waals surface area contributed by atoms with Crippen LogP contribution in [0.25, 0.3) is 0 Å². The van der Waals surface area contributed by atoms with E-state index in [0.29, 0.717) is 0 Å². The second-order valence-corrected chi connectivity index (χ2v) is 2.42. The zero-order valence-electron chi connectivity index (χ0n) is 5.02. The molecule has 1 aromatic carbocycles. The highest BCUT2D eigenvalue weighted by Crippen LogP contribution is 2.15. The van der Waals surface area contributed by atoms with Gasteiger partial charge in [0.15, 0.2) is 0 Å². The van der Waals surface area contributed by atoms with E-state index < -0.39 is 0 Å². The molecule has 0 saturated carbocycles. The molecule has 0 spiro atoms. The Balaban J connectivity index is 2.94. The van der Waals surface area contributed by atoms with Crippen LogP contribution in [0.4, 0.5) is 0 Å². The molecule has 0 aliphatic carbocycles. The molecular weight excluding hydrogens is 180 g/mol. The van der Waals surface area contributed by atoms with Gasteiger partial charge in [-0.1, -0.05) is 22.0 Å². The topological polar surface area (TPSA) is 9.23 Å². The van der Waals surface area contributed by atoms with Gasteiger partial charge in [0.05, 0.1) is 7.11 Å². The lowest BCUT2D eigenvalue weighted by molar-refractivity contribution is 0.413. The van der Waals surface area contributed by atoms with Crippen LogP contribution in [0.3, 0.4) is 0 Å².